The normalized spacial score (nSPS) is 15.0. The van der Waals surface area contributed by atoms with Crippen LogP contribution in [0.5, 0.6) is 0 Å². The molecule has 128 valence electrons. The van der Waals surface area contributed by atoms with E-state index in [1.807, 2.05) is 62.8 Å². The van der Waals surface area contributed by atoms with Crippen LogP contribution in [-0.4, -0.2) is 32.2 Å². The molecule has 0 spiro atoms. The molecule has 3 heterocycles. The first-order valence-corrected chi connectivity index (χ1v) is 9.23. The van der Waals surface area contributed by atoms with Crippen LogP contribution in [-0.2, 0) is 24.3 Å². The Morgan fingerprint density at radius 3 is 2.84 bits per heavy atom. The summed E-state index contributed by atoms with van der Waals surface area (Å²) in [5.74, 6) is 0.135. The van der Waals surface area contributed by atoms with Gasteiger partial charge in [-0.1, -0.05) is 30.3 Å². The van der Waals surface area contributed by atoms with Crippen LogP contribution in [0.15, 0.2) is 53.2 Å². The molecule has 1 N–H and O–H groups in total. The molecular weight excluding hydrogens is 334 g/mol. The van der Waals surface area contributed by atoms with Gasteiger partial charge in [0.2, 0.25) is 5.91 Å². The average Bonchev–Trinajstić information content (AvgIpc) is 3.30. The Bertz CT molecular complexity index is 858. The fourth-order valence-corrected chi connectivity index (χ4v) is 3.79. The number of aromatic nitrogens is 2. The molecule has 6 heteroatoms. The average molecular weight is 353 g/mol. The summed E-state index contributed by atoms with van der Waals surface area (Å²) in [6.07, 6.45) is -0.300. The van der Waals surface area contributed by atoms with Gasteiger partial charge in [-0.3, -0.25) is 9.48 Å². The first kappa shape index (κ1) is 16.1. The van der Waals surface area contributed by atoms with Crippen LogP contribution in [0.4, 0.5) is 0 Å². The fourth-order valence-electron chi connectivity index (χ4n) is 3.12. The maximum atomic E-state index is 12.5. The van der Waals surface area contributed by atoms with Crippen molar-refractivity contribution in [2.45, 2.75) is 25.6 Å². The van der Waals surface area contributed by atoms with Crippen LogP contribution >= 0.6 is 11.3 Å². The van der Waals surface area contributed by atoms with Crippen LogP contribution in [0.2, 0.25) is 0 Å². The summed E-state index contributed by atoms with van der Waals surface area (Å²) >= 11 is 1.61. The molecule has 0 unspecified atom stereocenters. The van der Waals surface area contributed by atoms with Gasteiger partial charge in [0.1, 0.15) is 6.10 Å². The van der Waals surface area contributed by atoms with Gasteiger partial charge in [-0.05, 0) is 34.0 Å². The number of carbonyl (C=O) groups is 1. The Balaban J connectivity index is 1.48. The lowest BCUT2D eigenvalue weighted by Gasteiger charge is -2.27. The molecule has 0 radical (unpaired) electrons. The third-order valence-corrected chi connectivity index (χ3v) is 5.23. The topological polar surface area (TPSA) is 58.4 Å². The molecule has 2 aromatic heterocycles. The Kier molecular flexibility index (Phi) is 4.38. The first-order chi connectivity index (χ1) is 12.2. The molecule has 0 saturated carbocycles. The predicted octanol–water partition coefficient (Wildman–Crippen LogP) is 2.61. The fraction of sp³-hybridized carbons (Fsp3) is 0.263. The summed E-state index contributed by atoms with van der Waals surface area (Å²) in [6, 6.07) is 13.4. The smallest absolute Gasteiger partial charge is 0.227 e. The van der Waals surface area contributed by atoms with E-state index in [0.29, 0.717) is 31.7 Å². The minimum Gasteiger partial charge on any atom is -0.382 e. The summed E-state index contributed by atoms with van der Waals surface area (Å²) in [5, 5.41) is 19.1. The number of thiophene rings is 1. The molecule has 5 nitrogen and oxygen atoms in total. The van der Waals surface area contributed by atoms with Crippen LogP contribution < -0.4 is 0 Å². The number of carbonyl (C=O) groups excluding carboxylic acids is 1. The second-order valence-electron chi connectivity index (χ2n) is 6.22. The molecule has 0 fully saturated rings. The molecule has 0 saturated heterocycles. The summed E-state index contributed by atoms with van der Waals surface area (Å²) in [4.78, 5) is 14.4. The molecule has 0 aliphatic carbocycles. The van der Waals surface area contributed by atoms with E-state index >= 15 is 0 Å². The van der Waals surface area contributed by atoms with E-state index in [1.165, 1.54) is 0 Å². The molecule has 1 amide bonds. The largest absolute Gasteiger partial charge is 0.382 e. The van der Waals surface area contributed by atoms with Gasteiger partial charge in [-0.2, -0.15) is 16.4 Å². The summed E-state index contributed by atoms with van der Waals surface area (Å²) in [5.41, 5.74) is 3.49. The molecule has 0 bridgehead atoms. The Morgan fingerprint density at radius 1 is 1.24 bits per heavy atom. The molecule has 4 rings (SSSR count). The van der Waals surface area contributed by atoms with Gasteiger partial charge in [0.15, 0.2) is 0 Å². The van der Waals surface area contributed by atoms with Crippen molar-refractivity contribution in [3.63, 3.8) is 0 Å². The summed E-state index contributed by atoms with van der Waals surface area (Å²) < 4.78 is 1.90. The first-order valence-electron chi connectivity index (χ1n) is 8.29. The summed E-state index contributed by atoms with van der Waals surface area (Å²) in [6.45, 7) is 1.85. The van der Waals surface area contributed by atoms with Gasteiger partial charge in [0.25, 0.3) is 0 Å². The van der Waals surface area contributed by atoms with Gasteiger partial charge in [0.05, 0.1) is 30.9 Å². The quantitative estimate of drug-likeness (QED) is 0.784. The second kappa shape index (κ2) is 6.82. The highest BCUT2D eigenvalue weighted by molar-refractivity contribution is 7.08. The van der Waals surface area contributed by atoms with Crippen molar-refractivity contribution < 1.29 is 9.90 Å². The minimum absolute atomic E-state index is 0.135. The number of fused-ring (bicyclic) bond motifs is 1. The maximum Gasteiger partial charge on any atom is 0.227 e. The van der Waals surface area contributed by atoms with Crippen LogP contribution in [0, 0.1) is 0 Å². The zero-order chi connectivity index (χ0) is 17.2. The number of nitrogens with zero attached hydrogens (tertiary/aromatic N) is 3. The lowest BCUT2D eigenvalue weighted by molar-refractivity contribution is -0.132. The highest BCUT2D eigenvalue weighted by Crippen LogP contribution is 2.24. The van der Waals surface area contributed by atoms with E-state index in [0.717, 1.165) is 16.8 Å². The lowest BCUT2D eigenvalue weighted by Crippen LogP contribution is -2.39. The summed E-state index contributed by atoms with van der Waals surface area (Å²) in [7, 11) is 0. The van der Waals surface area contributed by atoms with E-state index in [-0.39, 0.29) is 5.91 Å². The number of amides is 1. The third kappa shape index (κ3) is 3.36. The maximum absolute atomic E-state index is 12.5. The number of hydrogen-bond donors (Lipinski definition) is 1. The third-order valence-electron chi connectivity index (χ3n) is 4.50. The second-order valence-corrected chi connectivity index (χ2v) is 7.00. The van der Waals surface area contributed by atoms with E-state index in [9.17, 15) is 9.90 Å². The zero-order valence-corrected chi connectivity index (χ0v) is 14.5. The van der Waals surface area contributed by atoms with Crippen molar-refractivity contribution >= 4 is 17.2 Å². The monoisotopic (exact) mass is 353 g/mol. The van der Waals surface area contributed by atoms with Crippen molar-refractivity contribution in [2.24, 2.45) is 0 Å². The van der Waals surface area contributed by atoms with Crippen LogP contribution in [0.3, 0.4) is 0 Å². The zero-order valence-electron chi connectivity index (χ0n) is 13.7. The predicted molar refractivity (Wildman–Crippen MR) is 96.2 cm³/mol. The number of rotatable bonds is 4. The molecule has 1 aliphatic heterocycles. The Morgan fingerprint density at radius 2 is 2.08 bits per heavy atom. The molecule has 3 aromatic rings. The molecule has 1 aliphatic rings. The molecule has 25 heavy (non-hydrogen) atoms. The van der Waals surface area contributed by atoms with Crippen LogP contribution in [0.25, 0.3) is 0 Å². The van der Waals surface area contributed by atoms with E-state index in [1.54, 1.807) is 11.3 Å². The van der Waals surface area contributed by atoms with Crippen LogP contribution in [0.1, 0.15) is 28.6 Å². The SMILES string of the molecule is O=C(Cc1ccsc1)N1CCn2nc([C@@H](O)c3ccccc3)cc2C1. The van der Waals surface area contributed by atoms with Gasteiger partial charge in [-0.25, -0.2) is 0 Å². The lowest BCUT2D eigenvalue weighted by atomic mass is 10.1. The van der Waals surface area contributed by atoms with Crippen molar-refractivity contribution in [1.29, 1.82) is 0 Å². The van der Waals surface area contributed by atoms with Gasteiger partial charge in [-0.15, -0.1) is 0 Å². The number of benzene rings is 1. The number of hydrogen-bond acceptors (Lipinski definition) is 4. The van der Waals surface area contributed by atoms with Gasteiger partial charge >= 0.3 is 0 Å². The van der Waals surface area contributed by atoms with Crippen molar-refractivity contribution in [3.8, 4) is 0 Å². The van der Waals surface area contributed by atoms with Crippen molar-refractivity contribution in [3.05, 3.63) is 75.7 Å². The highest BCUT2D eigenvalue weighted by Gasteiger charge is 2.24. The molecule has 1 aromatic carbocycles. The van der Waals surface area contributed by atoms with Gasteiger partial charge in [0, 0.05) is 6.54 Å². The van der Waals surface area contributed by atoms with Crippen molar-refractivity contribution in [2.75, 3.05) is 6.54 Å². The van der Waals surface area contributed by atoms with E-state index in [4.69, 9.17) is 0 Å². The highest BCUT2D eigenvalue weighted by atomic mass is 32.1. The molecule has 1 atom stereocenters. The van der Waals surface area contributed by atoms with E-state index < -0.39 is 6.10 Å². The van der Waals surface area contributed by atoms with E-state index in [2.05, 4.69) is 5.10 Å². The Hall–Kier alpha value is -2.44. The Labute approximate surface area is 150 Å². The van der Waals surface area contributed by atoms with Gasteiger partial charge < -0.3 is 10.0 Å². The molecular formula is C19H19N3O2S. The standard InChI is InChI=1S/C19H19N3O2S/c23-18(10-14-6-9-25-13-14)21-7-8-22-16(12-21)11-17(20-22)19(24)15-4-2-1-3-5-15/h1-6,9,11,13,19,24H,7-8,10,12H2/t19-/m0/s1. The number of aliphatic hydroxyl groups excluding tert-OH is 1. The number of aliphatic hydroxyl groups is 1. The minimum atomic E-state index is -0.741. The van der Waals surface area contributed by atoms with Crippen molar-refractivity contribution in [1.82, 2.24) is 14.7 Å².